The van der Waals surface area contributed by atoms with E-state index in [9.17, 15) is 0 Å². The summed E-state index contributed by atoms with van der Waals surface area (Å²) in [6.07, 6.45) is 1.06. The maximum absolute atomic E-state index is 6.41. The molecule has 27 heavy (non-hydrogen) atoms. The molecule has 0 atom stereocenters. The minimum Gasteiger partial charge on any atom is -0.380 e. The van der Waals surface area contributed by atoms with Crippen LogP contribution in [0.15, 0.2) is 29.6 Å². The third-order valence-electron chi connectivity index (χ3n) is 4.21. The molecule has 0 spiro atoms. The molecule has 0 aliphatic carbocycles. The number of nitrogens with zero attached hydrogens (tertiary/aromatic N) is 2. The van der Waals surface area contributed by atoms with Gasteiger partial charge in [-0.15, -0.1) is 22.7 Å². The molecule has 0 radical (unpaired) electrons. The lowest BCUT2D eigenvalue weighted by Gasteiger charge is -2.21. The molecular formula is C20H22Cl2N2OS2. The predicted octanol–water partition coefficient (Wildman–Crippen LogP) is 7.05. The van der Waals surface area contributed by atoms with E-state index in [2.05, 4.69) is 30.2 Å². The van der Waals surface area contributed by atoms with Crippen LogP contribution in [0, 0.1) is 6.92 Å². The van der Waals surface area contributed by atoms with Gasteiger partial charge < -0.3 is 9.64 Å². The largest absolute Gasteiger partial charge is 0.380 e. The Labute approximate surface area is 178 Å². The van der Waals surface area contributed by atoms with Crippen molar-refractivity contribution < 1.29 is 4.74 Å². The third kappa shape index (κ3) is 4.84. The first-order valence-electron chi connectivity index (χ1n) is 8.75. The normalized spacial score (nSPS) is 11.1. The van der Waals surface area contributed by atoms with E-state index in [1.54, 1.807) is 35.8 Å². The quantitative estimate of drug-likeness (QED) is 0.375. The third-order valence-corrected chi connectivity index (χ3v) is 6.73. The summed E-state index contributed by atoms with van der Waals surface area (Å²) in [6, 6.07) is 7.70. The number of hydrogen-bond donors (Lipinski definition) is 0. The van der Waals surface area contributed by atoms with Crippen LogP contribution in [0.5, 0.6) is 0 Å². The lowest BCUT2D eigenvalue weighted by Crippen LogP contribution is -2.23. The van der Waals surface area contributed by atoms with Crippen LogP contribution >= 0.6 is 45.9 Å². The summed E-state index contributed by atoms with van der Waals surface area (Å²) >= 11 is 15.9. The number of methoxy groups -OCH3 is 1. The van der Waals surface area contributed by atoms with Crippen molar-refractivity contribution in [2.45, 2.75) is 33.4 Å². The van der Waals surface area contributed by atoms with Crippen LogP contribution in [-0.2, 0) is 17.9 Å². The van der Waals surface area contributed by atoms with Crippen molar-refractivity contribution in [2.75, 3.05) is 18.6 Å². The molecule has 0 fully saturated rings. The molecule has 0 amide bonds. The molecule has 1 aromatic carbocycles. The van der Waals surface area contributed by atoms with Crippen LogP contribution in [0.2, 0.25) is 10.0 Å². The van der Waals surface area contributed by atoms with Gasteiger partial charge in [0.15, 0.2) is 5.13 Å². The fraction of sp³-hybridized carbons (Fsp3) is 0.350. The second-order valence-corrected chi connectivity index (χ2v) is 9.27. The Morgan fingerprint density at radius 2 is 2.04 bits per heavy atom. The molecular weight excluding hydrogens is 419 g/mol. The molecule has 3 nitrogen and oxygen atoms in total. The Kier molecular flexibility index (Phi) is 7.17. The van der Waals surface area contributed by atoms with E-state index in [1.165, 1.54) is 10.4 Å². The van der Waals surface area contributed by atoms with Gasteiger partial charge in [-0.3, -0.25) is 0 Å². The van der Waals surface area contributed by atoms with Gasteiger partial charge in [-0.05, 0) is 48.6 Å². The number of thiazole rings is 1. The predicted molar refractivity (Wildman–Crippen MR) is 119 cm³/mol. The minimum absolute atomic E-state index is 0.630. The van der Waals surface area contributed by atoms with Crippen LogP contribution < -0.4 is 4.90 Å². The molecule has 0 unspecified atom stereocenters. The molecule has 0 aliphatic heterocycles. The maximum atomic E-state index is 6.41. The van der Waals surface area contributed by atoms with Crippen molar-refractivity contribution in [3.8, 4) is 11.3 Å². The Hall–Kier alpha value is -1.11. The number of aryl methyl sites for hydroxylation is 1. The maximum Gasteiger partial charge on any atom is 0.186 e. The van der Waals surface area contributed by atoms with Crippen LogP contribution in [0.4, 0.5) is 5.13 Å². The number of aromatic nitrogens is 1. The second-order valence-electron chi connectivity index (χ2n) is 6.25. The van der Waals surface area contributed by atoms with Gasteiger partial charge in [0.05, 0.1) is 23.9 Å². The molecule has 2 heterocycles. The highest BCUT2D eigenvalue weighted by Gasteiger charge is 2.18. The summed E-state index contributed by atoms with van der Waals surface area (Å²) in [5.74, 6) is 0. The Bertz CT molecular complexity index is 907. The number of halogens is 2. The van der Waals surface area contributed by atoms with Gasteiger partial charge in [0.2, 0.25) is 0 Å². The molecule has 0 N–H and O–H groups in total. The fourth-order valence-electron chi connectivity index (χ4n) is 2.92. The van der Waals surface area contributed by atoms with Gasteiger partial charge in [-0.1, -0.05) is 30.1 Å². The molecule has 0 saturated carbocycles. The van der Waals surface area contributed by atoms with Crippen LogP contribution in [-0.4, -0.2) is 18.6 Å². The molecule has 0 aliphatic rings. The standard InChI is InChI=1S/C20H22Cl2N2OS2/c1-4-8-24(11-18-14(12-25-3)7-9-26-18)20-23-19(13(2)27-20)16-6-5-15(21)10-17(16)22/h5-7,9-10H,4,8,11-12H2,1-3H3. The number of benzene rings is 1. The highest BCUT2D eigenvalue weighted by molar-refractivity contribution is 7.16. The molecule has 0 bridgehead atoms. The topological polar surface area (TPSA) is 25.4 Å². The first-order chi connectivity index (χ1) is 13.0. The summed E-state index contributed by atoms with van der Waals surface area (Å²) < 4.78 is 5.33. The Morgan fingerprint density at radius 3 is 2.74 bits per heavy atom. The lowest BCUT2D eigenvalue weighted by molar-refractivity contribution is 0.184. The minimum atomic E-state index is 0.630. The van der Waals surface area contributed by atoms with Crippen molar-refractivity contribution in [3.05, 3.63) is 55.0 Å². The second kappa shape index (κ2) is 9.39. The Balaban J connectivity index is 1.91. The molecule has 3 aromatic rings. The van der Waals surface area contributed by atoms with Gasteiger partial charge in [0.25, 0.3) is 0 Å². The first-order valence-corrected chi connectivity index (χ1v) is 11.2. The van der Waals surface area contributed by atoms with Crippen molar-refractivity contribution in [1.82, 2.24) is 4.98 Å². The van der Waals surface area contributed by atoms with Crippen LogP contribution in [0.1, 0.15) is 28.7 Å². The van der Waals surface area contributed by atoms with E-state index in [-0.39, 0.29) is 0 Å². The summed E-state index contributed by atoms with van der Waals surface area (Å²) in [4.78, 5) is 9.75. The van der Waals surface area contributed by atoms with Crippen molar-refractivity contribution in [1.29, 1.82) is 0 Å². The van der Waals surface area contributed by atoms with E-state index in [0.717, 1.165) is 40.8 Å². The molecule has 7 heteroatoms. The van der Waals surface area contributed by atoms with Gasteiger partial charge in [-0.2, -0.15) is 0 Å². The van der Waals surface area contributed by atoms with E-state index in [4.69, 9.17) is 32.9 Å². The number of anilines is 1. The molecule has 144 valence electrons. The summed E-state index contributed by atoms with van der Waals surface area (Å²) in [5.41, 5.74) is 3.10. The molecule has 0 saturated heterocycles. The summed E-state index contributed by atoms with van der Waals surface area (Å²) in [7, 11) is 1.73. The number of ether oxygens (including phenoxy) is 1. The summed E-state index contributed by atoms with van der Waals surface area (Å²) in [6.45, 7) is 6.71. The average molecular weight is 441 g/mol. The average Bonchev–Trinajstić information content (AvgIpc) is 3.22. The zero-order valence-corrected chi connectivity index (χ0v) is 18.7. The van der Waals surface area contributed by atoms with Crippen molar-refractivity contribution in [3.63, 3.8) is 0 Å². The number of hydrogen-bond acceptors (Lipinski definition) is 5. The highest BCUT2D eigenvalue weighted by Crippen LogP contribution is 2.37. The smallest absolute Gasteiger partial charge is 0.186 e. The Morgan fingerprint density at radius 1 is 1.22 bits per heavy atom. The number of thiophene rings is 1. The number of rotatable bonds is 8. The zero-order chi connectivity index (χ0) is 19.4. The highest BCUT2D eigenvalue weighted by atomic mass is 35.5. The fourth-order valence-corrected chi connectivity index (χ4v) is 5.28. The first kappa shape index (κ1) is 20.6. The van der Waals surface area contributed by atoms with Gasteiger partial charge in [0.1, 0.15) is 0 Å². The van der Waals surface area contributed by atoms with Gasteiger partial charge in [0, 0.05) is 34.0 Å². The van der Waals surface area contributed by atoms with E-state index in [0.29, 0.717) is 16.7 Å². The van der Waals surface area contributed by atoms with E-state index in [1.807, 2.05) is 12.1 Å². The lowest BCUT2D eigenvalue weighted by atomic mass is 10.1. The molecule has 3 rings (SSSR count). The van der Waals surface area contributed by atoms with E-state index < -0.39 is 0 Å². The molecule has 2 aromatic heterocycles. The van der Waals surface area contributed by atoms with Gasteiger partial charge >= 0.3 is 0 Å². The van der Waals surface area contributed by atoms with Crippen molar-refractivity contribution in [2.24, 2.45) is 0 Å². The van der Waals surface area contributed by atoms with Crippen LogP contribution in [0.25, 0.3) is 11.3 Å². The SMILES string of the molecule is CCCN(Cc1sccc1COC)c1nc(-c2ccc(Cl)cc2Cl)c(C)s1. The van der Waals surface area contributed by atoms with Crippen LogP contribution in [0.3, 0.4) is 0 Å². The van der Waals surface area contributed by atoms with E-state index >= 15 is 0 Å². The zero-order valence-electron chi connectivity index (χ0n) is 15.6. The van der Waals surface area contributed by atoms with Gasteiger partial charge in [-0.25, -0.2) is 4.98 Å². The summed E-state index contributed by atoms with van der Waals surface area (Å²) in [5, 5.41) is 4.41. The van der Waals surface area contributed by atoms with Crippen molar-refractivity contribution >= 4 is 51.0 Å². The monoisotopic (exact) mass is 440 g/mol.